The minimum absolute atomic E-state index is 0.123. The number of hydrogen-bond donors (Lipinski definition) is 2. The first-order chi connectivity index (χ1) is 20.7. The molecule has 0 aliphatic rings. The molecule has 2 amide bonds. The fourth-order valence-electron chi connectivity index (χ4n) is 4.80. The van der Waals surface area contributed by atoms with E-state index in [-0.39, 0.29) is 41.6 Å². The molecule has 1 aromatic heterocycles. The predicted molar refractivity (Wildman–Crippen MR) is 173 cm³/mol. The van der Waals surface area contributed by atoms with Crippen LogP contribution in [0, 0.1) is 17.7 Å². The van der Waals surface area contributed by atoms with E-state index in [1.54, 1.807) is 56.3 Å². The molecule has 8 nitrogen and oxygen atoms in total. The van der Waals surface area contributed by atoms with Gasteiger partial charge in [0, 0.05) is 41.7 Å². The summed E-state index contributed by atoms with van der Waals surface area (Å²) in [7, 11) is -1.93. The van der Waals surface area contributed by atoms with E-state index in [4.69, 9.17) is 4.74 Å². The van der Waals surface area contributed by atoms with Crippen LogP contribution in [0.3, 0.4) is 0 Å². The molecule has 1 atom stereocenters. The Bertz CT molecular complexity index is 1660. The van der Waals surface area contributed by atoms with Crippen LogP contribution in [0.25, 0.3) is 5.57 Å². The minimum Gasteiger partial charge on any atom is -0.457 e. The summed E-state index contributed by atoms with van der Waals surface area (Å²) in [4.78, 5) is 30.0. The molecular weight excluding hydrogens is 581 g/mol. The molecule has 3 aromatic rings. The summed E-state index contributed by atoms with van der Waals surface area (Å²) in [6.45, 7) is 9.47. The fourth-order valence-corrected chi connectivity index (χ4v) is 6.49. The Labute approximate surface area is 259 Å². The lowest BCUT2D eigenvalue weighted by Crippen LogP contribution is -2.18. The summed E-state index contributed by atoms with van der Waals surface area (Å²) in [5.41, 5.74) is 3.26. The van der Waals surface area contributed by atoms with Gasteiger partial charge in [0.15, 0.2) is 9.84 Å². The molecule has 0 radical (unpaired) electrons. The normalized spacial score (nSPS) is 13.5. The van der Waals surface area contributed by atoms with Crippen molar-refractivity contribution >= 4 is 32.9 Å². The van der Waals surface area contributed by atoms with Gasteiger partial charge in [-0.3, -0.25) is 14.6 Å². The molecule has 44 heavy (non-hydrogen) atoms. The maximum Gasteiger partial charge on any atom is 0.269 e. The number of benzene rings is 2. The van der Waals surface area contributed by atoms with E-state index in [0.29, 0.717) is 50.8 Å². The monoisotopic (exact) mass is 621 g/mol. The second-order valence-electron chi connectivity index (χ2n) is 11.1. The molecule has 0 aliphatic carbocycles. The molecule has 10 heteroatoms. The fraction of sp³-hybridized carbons (Fsp3) is 0.324. The number of aromatic nitrogens is 1. The summed E-state index contributed by atoms with van der Waals surface area (Å²) in [5, 5.41) is 5.44. The number of amides is 2. The van der Waals surface area contributed by atoms with Gasteiger partial charge in [-0.25, -0.2) is 12.8 Å². The Kier molecular flexibility index (Phi) is 11.6. The van der Waals surface area contributed by atoms with Gasteiger partial charge in [-0.15, -0.1) is 0 Å². The van der Waals surface area contributed by atoms with Gasteiger partial charge >= 0.3 is 0 Å². The maximum atomic E-state index is 13.7. The summed E-state index contributed by atoms with van der Waals surface area (Å²) in [6.07, 6.45) is 3.34. The van der Waals surface area contributed by atoms with Crippen LogP contribution in [0.2, 0.25) is 0 Å². The van der Waals surface area contributed by atoms with Crippen molar-refractivity contribution in [2.45, 2.75) is 47.5 Å². The first-order valence-corrected chi connectivity index (χ1v) is 16.2. The first-order valence-electron chi connectivity index (χ1n) is 14.3. The van der Waals surface area contributed by atoms with E-state index < -0.39 is 9.84 Å². The molecule has 0 bridgehead atoms. The molecule has 3 rings (SSSR count). The van der Waals surface area contributed by atoms with Gasteiger partial charge in [0.25, 0.3) is 11.8 Å². The topological polar surface area (TPSA) is 114 Å². The molecule has 0 saturated heterocycles. The van der Waals surface area contributed by atoms with Crippen LogP contribution in [0.15, 0.2) is 82.9 Å². The van der Waals surface area contributed by atoms with E-state index in [2.05, 4.69) is 15.6 Å². The lowest BCUT2D eigenvalue weighted by atomic mass is 9.92. The quantitative estimate of drug-likeness (QED) is 0.207. The molecule has 0 saturated carbocycles. The van der Waals surface area contributed by atoms with Crippen LogP contribution in [-0.2, 0) is 14.6 Å². The average Bonchev–Trinajstić information content (AvgIpc) is 2.97. The number of carbonyl (C=O) groups excluding carboxylic acids is 2. The number of halogens is 1. The SMILES string of the molecule is CNC(=O)c1cc(Oc2ccc(NC(=O)C(CCC(C)=C(C(C)C(C)C)S(C)(=O)=O)=C(C)c3ccc(F)cc3)cc2)ccn1. The first kappa shape index (κ1) is 34.2. The van der Waals surface area contributed by atoms with E-state index in [1.165, 1.54) is 37.7 Å². The van der Waals surface area contributed by atoms with E-state index in [9.17, 15) is 22.4 Å². The second kappa shape index (κ2) is 14.9. The highest BCUT2D eigenvalue weighted by molar-refractivity contribution is 7.94. The van der Waals surface area contributed by atoms with Crippen molar-refractivity contribution in [3.63, 3.8) is 0 Å². The molecule has 0 fully saturated rings. The van der Waals surface area contributed by atoms with Gasteiger partial charge in [-0.2, -0.15) is 0 Å². The van der Waals surface area contributed by atoms with Crippen molar-refractivity contribution in [2.75, 3.05) is 18.6 Å². The molecule has 0 aliphatic heterocycles. The largest absolute Gasteiger partial charge is 0.457 e. The summed E-state index contributed by atoms with van der Waals surface area (Å²) in [6, 6.07) is 15.8. The van der Waals surface area contributed by atoms with Gasteiger partial charge in [-0.1, -0.05) is 38.5 Å². The Morgan fingerprint density at radius 2 is 1.57 bits per heavy atom. The van der Waals surface area contributed by atoms with Crippen molar-refractivity contribution in [3.05, 3.63) is 100.0 Å². The van der Waals surface area contributed by atoms with Gasteiger partial charge < -0.3 is 15.4 Å². The summed E-state index contributed by atoms with van der Waals surface area (Å²) in [5.74, 6) is -0.199. The number of nitrogens with one attached hydrogen (secondary N) is 2. The molecule has 1 heterocycles. The standard InChI is InChI=1S/C34H40FN3O5S/c1-21(2)23(4)32(44(7,41)42)22(3)8-17-30(24(5)25-9-11-26(35)12-10-25)33(39)38-27-13-15-28(16-14-27)43-29-18-19-37-31(20-29)34(40)36-6/h9-16,18-21,23H,8,17H2,1-7H3,(H,36,40)(H,38,39). The van der Waals surface area contributed by atoms with E-state index in [0.717, 1.165) is 0 Å². The predicted octanol–water partition coefficient (Wildman–Crippen LogP) is 7.18. The van der Waals surface area contributed by atoms with E-state index in [1.807, 2.05) is 20.8 Å². The van der Waals surface area contributed by atoms with Gasteiger partial charge in [0.2, 0.25) is 0 Å². The average molecular weight is 622 g/mol. The molecule has 2 N–H and O–H groups in total. The number of nitrogens with zero attached hydrogens (tertiary/aromatic N) is 1. The van der Waals surface area contributed by atoms with Crippen LogP contribution in [-0.4, -0.2) is 38.5 Å². The third-order valence-electron chi connectivity index (χ3n) is 7.53. The third-order valence-corrected chi connectivity index (χ3v) is 9.05. The van der Waals surface area contributed by atoms with Gasteiger partial charge in [0.1, 0.15) is 23.0 Å². The maximum absolute atomic E-state index is 13.7. The number of ether oxygens (including phenoxy) is 1. The number of sulfone groups is 1. The highest BCUT2D eigenvalue weighted by Gasteiger charge is 2.25. The third kappa shape index (κ3) is 9.09. The highest BCUT2D eigenvalue weighted by atomic mass is 32.2. The van der Waals surface area contributed by atoms with Crippen LogP contribution in [0.5, 0.6) is 11.5 Å². The molecule has 1 unspecified atom stereocenters. The van der Waals surface area contributed by atoms with Gasteiger partial charge in [0.05, 0.1) is 0 Å². The summed E-state index contributed by atoms with van der Waals surface area (Å²) < 4.78 is 44.9. The zero-order valence-corrected chi connectivity index (χ0v) is 27.0. The number of rotatable bonds is 12. The zero-order chi connectivity index (χ0) is 32.6. The molecular formula is C34H40FN3O5S. The number of carbonyl (C=O) groups is 2. The summed E-state index contributed by atoms with van der Waals surface area (Å²) >= 11 is 0. The number of hydrogen-bond acceptors (Lipinski definition) is 6. The van der Waals surface area contributed by atoms with Crippen molar-refractivity contribution in [1.82, 2.24) is 10.3 Å². The van der Waals surface area contributed by atoms with Crippen LogP contribution < -0.4 is 15.4 Å². The Balaban J connectivity index is 1.88. The molecule has 234 valence electrons. The van der Waals surface area contributed by atoms with Crippen LogP contribution >= 0.6 is 0 Å². The van der Waals surface area contributed by atoms with Crippen molar-refractivity contribution in [1.29, 1.82) is 0 Å². The van der Waals surface area contributed by atoms with Gasteiger partial charge in [-0.05, 0) is 92.1 Å². The van der Waals surface area contributed by atoms with Crippen molar-refractivity contribution < 1.29 is 27.1 Å². The zero-order valence-electron chi connectivity index (χ0n) is 26.2. The van der Waals surface area contributed by atoms with Crippen LogP contribution in [0.4, 0.5) is 10.1 Å². The molecule has 2 aromatic carbocycles. The van der Waals surface area contributed by atoms with Crippen molar-refractivity contribution in [3.8, 4) is 11.5 Å². The Morgan fingerprint density at radius 3 is 2.14 bits per heavy atom. The second-order valence-corrected chi connectivity index (χ2v) is 13.1. The number of allylic oxidation sites excluding steroid dienone is 3. The molecule has 0 spiro atoms. The lowest BCUT2D eigenvalue weighted by molar-refractivity contribution is -0.112. The van der Waals surface area contributed by atoms with Crippen molar-refractivity contribution in [2.24, 2.45) is 11.8 Å². The van der Waals surface area contributed by atoms with Crippen LogP contribution in [0.1, 0.15) is 63.5 Å². The Hall–Kier alpha value is -4.31. The smallest absolute Gasteiger partial charge is 0.269 e. The number of pyridine rings is 1. The number of anilines is 1. The Morgan fingerprint density at radius 1 is 0.932 bits per heavy atom. The van der Waals surface area contributed by atoms with E-state index >= 15 is 0 Å². The lowest BCUT2D eigenvalue weighted by Gasteiger charge is -2.22. The highest BCUT2D eigenvalue weighted by Crippen LogP contribution is 2.32. The minimum atomic E-state index is -3.45.